The molecule has 3 aromatic rings. The standard InChI is InChI=1S/C22H22FN3O3/c1-26-11-10-24-22(26)21(18-6-4-5-7-19(18)23)25-20(27)9-8-15-12-16(28-2)14-17(13-15)29-3/h4-14,21H,1-3H3,(H,25,27)/b9-8+. The summed E-state index contributed by atoms with van der Waals surface area (Å²) in [5, 5.41) is 2.83. The Labute approximate surface area is 168 Å². The van der Waals surface area contributed by atoms with Crippen LogP contribution < -0.4 is 14.8 Å². The quantitative estimate of drug-likeness (QED) is 0.622. The molecular formula is C22H22FN3O3. The van der Waals surface area contributed by atoms with E-state index in [1.165, 1.54) is 12.1 Å². The number of benzene rings is 2. The van der Waals surface area contributed by atoms with Crippen molar-refractivity contribution >= 4 is 12.0 Å². The summed E-state index contributed by atoms with van der Waals surface area (Å²) < 4.78 is 26.6. The summed E-state index contributed by atoms with van der Waals surface area (Å²) in [5.74, 6) is 0.952. The molecule has 0 radical (unpaired) electrons. The Bertz CT molecular complexity index is 1010. The number of nitrogens with zero attached hydrogens (tertiary/aromatic N) is 2. The van der Waals surface area contributed by atoms with Crippen molar-refractivity contribution in [2.75, 3.05) is 14.2 Å². The normalized spacial score (nSPS) is 12.0. The van der Waals surface area contributed by atoms with Crippen molar-refractivity contribution in [3.05, 3.63) is 83.7 Å². The third-order valence-corrected chi connectivity index (χ3v) is 4.42. The zero-order valence-electron chi connectivity index (χ0n) is 16.4. The van der Waals surface area contributed by atoms with Gasteiger partial charge in [-0.15, -0.1) is 0 Å². The number of aromatic nitrogens is 2. The number of carbonyl (C=O) groups excluding carboxylic acids is 1. The molecule has 0 bridgehead atoms. The fraction of sp³-hybridized carbons (Fsp3) is 0.182. The number of hydrogen-bond donors (Lipinski definition) is 1. The van der Waals surface area contributed by atoms with Gasteiger partial charge in [0.2, 0.25) is 5.91 Å². The highest BCUT2D eigenvalue weighted by Gasteiger charge is 2.22. The minimum absolute atomic E-state index is 0.339. The third-order valence-electron chi connectivity index (χ3n) is 4.42. The Morgan fingerprint density at radius 1 is 1.17 bits per heavy atom. The first-order valence-electron chi connectivity index (χ1n) is 8.95. The van der Waals surface area contributed by atoms with Gasteiger partial charge in [0.25, 0.3) is 0 Å². The highest BCUT2D eigenvalue weighted by molar-refractivity contribution is 5.92. The van der Waals surface area contributed by atoms with Gasteiger partial charge in [-0.3, -0.25) is 4.79 Å². The topological polar surface area (TPSA) is 65.4 Å². The van der Waals surface area contributed by atoms with Crippen LogP contribution >= 0.6 is 0 Å². The molecule has 1 heterocycles. The van der Waals surface area contributed by atoms with Crippen LogP contribution in [-0.4, -0.2) is 29.7 Å². The van der Waals surface area contributed by atoms with Gasteiger partial charge in [0, 0.05) is 37.1 Å². The number of aryl methyl sites for hydroxylation is 1. The molecule has 0 spiro atoms. The summed E-state index contributed by atoms with van der Waals surface area (Å²) in [6.07, 6.45) is 6.36. The molecule has 1 N–H and O–H groups in total. The summed E-state index contributed by atoms with van der Waals surface area (Å²) in [4.78, 5) is 16.9. The SMILES string of the molecule is COc1cc(/C=C/C(=O)NC(c2ccccc2F)c2nccn2C)cc(OC)c1. The maximum absolute atomic E-state index is 14.4. The van der Waals surface area contributed by atoms with Crippen molar-refractivity contribution < 1.29 is 18.7 Å². The average Bonchev–Trinajstić information content (AvgIpc) is 3.16. The molecule has 150 valence electrons. The molecule has 1 atom stereocenters. The lowest BCUT2D eigenvalue weighted by Crippen LogP contribution is -2.30. The van der Waals surface area contributed by atoms with Crippen LogP contribution in [0.1, 0.15) is 23.0 Å². The van der Waals surface area contributed by atoms with Crippen LogP contribution in [0.2, 0.25) is 0 Å². The van der Waals surface area contributed by atoms with Gasteiger partial charge < -0.3 is 19.4 Å². The van der Waals surface area contributed by atoms with Crippen molar-refractivity contribution in [1.82, 2.24) is 14.9 Å². The summed E-state index contributed by atoms with van der Waals surface area (Å²) in [6.45, 7) is 0. The van der Waals surface area contributed by atoms with Crippen molar-refractivity contribution in [2.45, 2.75) is 6.04 Å². The van der Waals surface area contributed by atoms with Gasteiger partial charge in [-0.05, 0) is 29.8 Å². The summed E-state index contributed by atoms with van der Waals surface area (Å²) >= 11 is 0. The predicted molar refractivity (Wildman–Crippen MR) is 108 cm³/mol. The highest BCUT2D eigenvalue weighted by Crippen LogP contribution is 2.24. The zero-order chi connectivity index (χ0) is 20.8. The first kappa shape index (κ1) is 20.1. The van der Waals surface area contributed by atoms with Gasteiger partial charge >= 0.3 is 0 Å². The maximum atomic E-state index is 14.4. The van der Waals surface area contributed by atoms with E-state index in [4.69, 9.17) is 9.47 Å². The van der Waals surface area contributed by atoms with Crippen LogP contribution in [0.15, 0.2) is 60.9 Å². The fourth-order valence-corrected chi connectivity index (χ4v) is 2.93. The van der Waals surface area contributed by atoms with Crippen LogP contribution in [-0.2, 0) is 11.8 Å². The molecule has 0 fully saturated rings. The van der Waals surface area contributed by atoms with Crippen LogP contribution in [0.25, 0.3) is 6.08 Å². The van der Waals surface area contributed by atoms with Gasteiger partial charge in [0.05, 0.1) is 14.2 Å². The third kappa shape index (κ3) is 4.82. The minimum atomic E-state index is -0.729. The number of rotatable bonds is 7. The molecule has 0 aliphatic heterocycles. The van der Waals surface area contributed by atoms with E-state index in [9.17, 15) is 9.18 Å². The first-order valence-corrected chi connectivity index (χ1v) is 8.95. The van der Waals surface area contributed by atoms with Crippen molar-refractivity contribution in [3.8, 4) is 11.5 Å². The Morgan fingerprint density at radius 2 is 1.86 bits per heavy atom. The Kier molecular flexibility index (Phi) is 6.29. The van der Waals surface area contributed by atoms with E-state index < -0.39 is 11.9 Å². The molecule has 0 saturated carbocycles. The second-order valence-corrected chi connectivity index (χ2v) is 6.34. The maximum Gasteiger partial charge on any atom is 0.244 e. The number of methoxy groups -OCH3 is 2. The molecule has 0 saturated heterocycles. The van der Waals surface area contributed by atoms with E-state index in [0.717, 1.165) is 5.56 Å². The van der Waals surface area contributed by atoms with Crippen LogP contribution in [0.4, 0.5) is 4.39 Å². The Balaban J connectivity index is 1.85. The number of carbonyl (C=O) groups is 1. The molecule has 6 nitrogen and oxygen atoms in total. The lowest BCUT2D eigenvalue weighted by atomic mass is 10.1. The largest absolute Gasteiger partial charge is 0.497 e. The lowest BCUT2D eigenvalue weighted by molar-refractivity contribution is -0.117. The predicted octanol–water partition coefficient (Wildman–Crippen LogP) is 3.50. The number of hydrogen-bond acceptors (Lipinski definition) is 4. The Hall–Kier alpha value is -3.61. The molecule has 7 heteroatoms. The minimum Gasteiger partial charge on any atom is -0.497 e. The van der Waals surface area contributed by atoms with Gasteiger partial charge in [-0.25, -0.2) is 9.37 Å². The molecule has 1 unspecified atom stereocenters. The second-order valence-electron chi connectivity index (χ2n) is 6.34. The summed E-state index contributed by atoms with van der Waals surface area (Å²) in [5.41, 5.74) is 1.07. The summed E-state index contributed by atoms with van der Waals surface area (Å²) in [6, 6.07) is 10.9. The molecule has 2 aromatic carbocycles. The van der Waals surface area contributed by atoms with E-state index in [1.54, 1.807) is 80.7 Å². The van der Waals surface area contributed by atoms with Crippen molar-refractivity contribution in [2.24, 2.45) is 7.05 Å². The highest BCUT2D eigenvalue weighted by atomic mass is 19.1. The number of nitrogens with one attached hydrogen (secondary N) is 1. The molecule has 0 aliphatic carbocycles. The number of halogens is 1. The molecule has 29 heavy (non-hydrogen) atoms. The number of amides is 1. The van der Waals surface area contributed by atoms with Crippen molar-refractivity contribution in [1.29, 1.82) is 0 Å². The van der Waals surface area contributed by atoms with Crippen LogP contribution in [0.3, 0.4) is 0 Å². The van der Waals surface area contributed by atoms with Crippen molar-refractivity contribution in [3.63, 3.8) is 0 Å². The lowest BCUT2D eigenvalue weighted by Gasteiger charge is -2.19. The summed E-state index contributed by atoms with van der Waals surface area (Å²) in [7, 11) is 4.91. The van der Waals surface area contributed by atoms with E-state index in [-0.39, 0.29) is 5.91 Å². The second kappa shape index (κ2) is 9.05. The average molecular weight is 395 g/mol. The Morgan fingerprint density at radius 3 is 2.45 bits per heavy atom. The molecule has 0 aliphatic rings. The van der Waals surface area contributed by atoms with Gasteiger partial charge in [0.15, 0.2) is 0 Å². The van der Waals surface area contributed by atoms with Gasteiger partial charge in [0.1, 0.15) is 29.2 Å². The molecule has 3 rings (SSSR count). The van der Waals surface area contributed by atoms with E-state index in [0.29, 0.717) is 22.9 Å². The number of ether oxygens (including phenoxy) is 2. The van der Waals surface area contributed by atoms with E-state index in [2.05, 4.69) is 10.3 Å². The smallest absolute Gasteiger partial charge is 0.244 e. The van der Waals surface area contributed by atoms with Gasteiger partial charge in [-0.2, -0.15) is 0 Å². The fourth-order valence-electron chi connectivity index (χ4n) is 2.93. The van der Waals surface area contributed by atoms with E-state index in [1.807, 2.05) is 0 Å². The van der Waals surface area contributed by atoms with E-state index >= 15 is 0 Å². The monoisotopic (exact) mass is 395 g/mol. The first-order chi connectivity index (χ1) is 14.0. The number of imidazole rings is 1. The van der Waals surface area contributed by atoms with Crippen LogP contribution in [0.5, 0.6) is 11.5 Å². The molecule has 1 amide bonds. The zero-order valence-corrected chi connectivity index (χ0v) is 16.4. The van der Waals surface area contributed by atoms with Gasteiger partial charge in [-0.1, -0.05) is 18.2 Å². The molecule has 1 aromatic heterocycles. The van der Waals surface area contributed by atoms with Crippen LogP contribution in [0, 0.1) is 5.82 Å². The molecular weight excluding hydrogens is 373 g/mol.